The molecule has 0 aliphatic carbocycles. The lowest BCUT2D eigenvalue weighted by Crippen LogP contribution is -2.12. The molecule has 0 aromatic heterocycles. The lowest BCUT2D eigenvalue weighted by molar-refractivity contribution is -0.145. The van der Waals surface area contributed by atoms with Crippen LogP contribution in [0, 0.1) is 5.92 Å². The van der Waals surface area contributed by atoms with Gasteiger partial charge in [-0.3, -0.25) is 4.79 Å². The summed E-state index contributed by atoms with van der Waals surface area (Å²) in [4.78, 5) is 10.8. The number of ether oxygens (including phenoxy) is 1. The van der Waals surface area contributed by atoms with Gasteiger partial charge in [0.1, 0.15) is 0 Å². The highest BCUT2D eigenvalue weighted by atomic mass is 127. The largest absolute Gasteiger partial charge is 0.469 e. The van der Waals surface area contributed by atoms with Gasteiger partial charge in [0.25, 0.3) is 0 Å². The molecule has 1 unspecified atom stereocenters. The fourth-order valence-corrected chi connectivity index (χ4v) is 0.829. The van der Waals surface area contributed by atoms with E-state index in [9.17, 15) is 4.79 Å². The average Bonchev–Trinajstić information content (AvgIpc) is 1.98. The molecule has 0 aliphatic heterocycles. The zero-order valence-electron chi connectivity index (χ0n) is 7.42. The van der Waals surface area contributed by atoms with Crippen molar-refractivity contribution < 1.29 is 9.53 Å². The zero-order chi connectivity index (χ0) is 7.98. The molecule has 0 heterocycles. The first-order valence-electron chi connectivity index (χ1n) is 3.80. The van der Waals surface area contributed by atoms with Crippen molar-refractivity contribution in [2.75, 3.05) is 7.11 Å². The summed E-state index contributed by atoms with van der Waals surface area (Å²) in [7, 11) is 1.44. The molecule has 0 bridgehead atoms. The first kappa shape index (κ1) is 13.8. The molecular formula is C8H17IO2. The average molecular weight is 272 g/mol. The number of rotatable bonds is 4. The molecule has 0 radical (unpaired) electrons. The number of unbranched alkanes of at least 4 members (excludes halogenated alkanes) is 1. The number of carbonyl (C=O) groups is 1. The molecule has 0 aromatic carbocycles. The lowest BCUT2D eigenvalue weighted by Gasteiger charge is -2.06. The van der Waals surface area contributed by atoms with Crippen molar-refractivity contribution >= 4 is 29.9 Å². The Hall–Kier alpha value is 0.200. The molecule has 0 N–H and O–H groups in total. The monoisotopic (exact) mass is 272 g/mol. The maximum absolute atomic E-state index is 10.8. The van der Waals surface area contributed by atoms with Crippen LogP contribution in [0.2, 0.25) is 0 Å². The third kappa shape index (κ3) is 6.59. The number of methoxy groups -OCH3 is 1. The van der Waals surface area contributed by atoms with Crippen molar-refractivity contribution in [3.05, 3.63) is 0 Å². The Kier molecular flexibility index (Phi) is 10.4. The van der Waals surface area contributed by atoms with Crippen LogP contribution in [-0.2, 0) is 9.53 Å². The van der Waals surface area contributed by atoms with E-state index in [0.29, 0.717) is 0 Å². The molecule has 0 aliphatic rings. The van der Waals surface area contributed by atoms with Crippen LogP contribution >= 0.6 is 24.0 Å². The molecule has 0 rings (SSSR count). The molecule has 0 saturated heterocycles. The zero-order valence-corrected chi connectivity index (χ0v) is 9.75. The van der Waals surface area contributed by atoms with Crippen LogP contribution in [0.15, 0.2) is 0 Å². The van der Waals surface area contributed by atoms with Gasteiger partial charge >= 0.3 is 5.97 Å². The van der Waals surface area contributed by atoms with Gasteiger partial charge in [-0.15, -0.1) is 24.0 Å². The van der Waals surface area contributed by atoms with Gasteiger partial charge in [0, 0.05) is 0 Å². The van der Waals surface area contributed by atoms with E-state index >= 15 is 0 Å². The molecule has 68 valence electrons. The summed E-state index contributed by atoms with van der Waals surface area (Å²) in [6, 6.07) is 0. The summed E-state index contributed by atoms with van der Waals surface area (Å²) in [6.45, 7) is 4.02. The third-order valence-corrected chi connectivity index (χ3v) is 1.59. The topological polar surface area (TPSA) is 26.3 Å². The highest BCUT2D eigenvalue weighted by Gasteiger charge is 2.10. The summed E-state index contributed by atoms with van der Waals surface area (Å²) in [5.41, 5.74) is 0. The van der Waals surface area contributed by atoms with E-state index in [0.717, 1.165) is 19.3 Å². The predicted octanol–water partition coefficient (Wildman–Crippen LogP) is 2.60. The highest BCUT2D eigenvalue weighted by molar-refractivity contribution is 14.0. The number of halogens is 1. The van der Waals surface area contributed by atoms with E-state index < -0.39 is 0 Å². The van der Waals surface area contributed by atoms with Crippen LogP contribution in [0.5, 0.6) is 0 Å². The van der Waals surface area contributed by atoms with Crippen molar-refractivity contribution in [2.45, 2.75) is 33.1 Å². The smallest absolute Gasteiger partial charge is 0.308 e. The van der Waals surface area contributed by atoms with Gasteiger partial charge in [0.15, 0.2) is 0 Å². The standard InChI is InChI=1S/C8H16O2.HI/c1-4-5-6-7(2)8(9)10-3;/h7H,4-6H2,1-3H3;1H. The summed E-state index contributed by atoms with van der Waals surface area (Å²) in [5.74, 6) is -0.0154. The second kappa shape index (κ2) is 8.30. The fraction of sp³-hybridized carbons (Fsp3) is 0.875. The van der Waals surface area contributed by atoms with Gasteiger partial charge in [-0.25, -0.2) is 0 Å². The summed E-state index contributed by atoms with van der Waals surface area (Å²) in [5, 5.41) is 0. The number of hydrogen-bond acceptors (Lipinski definition) is 2. The van der Waals surface area contributed by atoms with Crippen LogP contribution in [0.25, 0.3) is 0 Å². The van der Waals surface area contributed by atoms with Crippen molar-refractivity contribution in [3.8, 4) is 0 Å². The predicted molar refractivity (Wildman–Crippen MR) is 56.1 cm³/mol. The molecule has 11 heavy (non-hydrogen) atoms. The van der Waals surface area contributed by atoms with E-state index in [-0.39, 0.29) is 35.9 Å². The number of carbonyl (C=O) groups excluding carboxylic acids is 1. The van der Waals surface area contributed by atoms with Crippen molar-refractivity contribution in [2.24, 2.45) is 5.92 Å². The quantitative estimate of drug-likeness (QED) is 0.581. The molecule has 0 fully saturated rings. The summed E-state index contributed by atoms with van der Waals surface area (Å²) >= 11 is 0. The molecule has 0 amide bonds. The molecule has 2 nitrogen and oxygen atoms in total. The van der Waals surface area contributed by atoms with Crippen LogP contribution in [0.4, 0.5) is 0 Å². The maximum atomic E-state index is 10.8. The van der Waals surface area contributed by atoms with Gasteiger partial charge in [0.05, 0.1) is 13.0 Å². The van der Waals surface area contributed by atoms with Crippen LogP contribution in [0.1, 0.15) is 33.1 Å². The molecule has 0 aromatic rings. The first-order chi connectivity index (χ1) is 4.72. The van der Waals surface area contributed by atoms with Crippen LogP contribution in [0.3, 0.4) is 0 Å². The highest BCUT2D eigenvalue weighted by Crippen LogP contribution is 2.08. The second-order valence-corrected chi connectivity index (χ2v) is 2.57. The SMILES string of the molecule is CCCCC(C)C(=O)OC.I. The van der Waals surface area contributed by atoms with Crippen LogP contribution < -0.4 is 0 Å². The van der Waals surface area contributed by atoms with Crippen molar-refractivity contribution in [1.82, 2.24) is 0 Å². The van der Waals surface area contributed by atoms with Gasteiger partial charge < -0.3 is 4.74 Å². The van der Waals surface area contributed by atoms with Gasteiger partial charge in [-0.1, -0.05) is 26.7 Å². The Morgan fingerprint density at radius 2 is 2.09 bits per heavy atom. The maximum Gasteiger partial charge on any atom is 0.308 e. The lowest BCUT2D eigenvalue weighted by atomic mass is 10.1. The summed E-state index contributed by atoms with van der Waals surface area (Å²) < 4.78 is 4.57. The molecule has 0 saturated carbocycles. The minimum absolute atomic E-state index is 0. The minimum Gasteiger partial charge on any atom is -0.469 e. The van der Waals surface area contributed by atoms with Gasteiger partial charge in [-0.05, 0) is 6.42 Å². The molecular weight excluding hydrogens is 255 g/mol. The molecule has 3 heteroatoms. The van der Waals surface area contributed by atoms with Crippen molar-refractivity contribution in [1.29, 1.82) is 0 Å². The summed E-state index contributed by atoms with van der Waals surface area (Å²) in [6.07, 6.45) is 3.20. The second-order valence-electron chi connectivity index (χ2n) is 2.57. The molecule has 0 spiro atoms. The Morgan fingerprint density at radius 1 is 1.55 bits per heavy atom. The van der Waals surface area contributed by atoms with E-state index in [1.165, 1.54) is 7.11 Å². The Bertz CT molecular complexity index is 104. The molecule has 1 atom stereocenters. The fourth-order valence-electron chi connectivity index (χ4n) is 0.829. The third-order valence-electron chi connectivity index (χ3n) is 1.59. The van der Waals surface area contributed by atoms with Gasteiger partial charge in [-0.2, -0.15) is 0 Å². The van der Waals surface area contributed by atoms with E-state index in [1.807, 2.05) is 6.92 Å². The Balaban J connectivity index is 0. The van der Waals surface area contributed by atoms with E-state index in [1.54, 1.807) is 0 Å². The van der Waals surface area contributed by atoms with Crippen molar-refractivity contribution in [3.63, 3.8) is 0 Å². The number of hydrogen-bond donors (Lipinski definition) is 0. The number of esters is 1. The van der Waals surface area contributed by atoms with E-state index in [2.05, 4.69) is 11.7 Å². The first-order valence-corrected chi connectivity index (χ1v) is 3.80. The minimum atomic E-state index is -0.0894. The van der Waals surface area contributed by atoms with Crippen LogP contribution in [-0.4, -0.2) is 13.1 Å². The van der Waals surface area contributed by atoms with E-state index in [4.69, 9.17) is 0 Å². The normalized spacial score (nSPS) is 11.5. The Morgan fingerprint density at radius 3 is 2.45 bits per heavy atom. The van der Waals surface area contributed by atoms with Gasteiger partial charge in [0.2, 0.25) is 0 Å². The Labute approximate surface area is 85.7 Å².